The van der Waals surface area contributed by atoms with Crippen molar-refractivity contribution in [2.75, 3.05) is 19.6 Å². The van der Waals surface area contributed by atoms with Gasteiger partial charge in [0.15, 0.2) is 0 Å². The van der Waals surface area contributed by atoms with Gasteiger partial charge in [-0.25, -0.2) is 9.18 Å². The number of nitrogens with one attached hydrogen (secondary N) is 2. The highest BCUT2D eigenvalue weighted by Crippen LogP contribution is 2.14. The molecule has 0 spiro atoms. The number of nitrogens with zero attached hydrogens (tertiary/aromatic N) is 1. The second-order valence-corrected chi connectivity index (χ2v) is 7.28. The lowest BCUT2D eigenvalue weighted by Gasteiger charge is -2.32. The van der Waals surface area contributed by atoms with Crippen molar-refractivity contribution in [1.29, 1.82) is 0 Å². The zero-order valence-electron chi connectivity index (χ0n) is 15.9. The number of carbonyl (C=O) groups is 1. The lowest BCUT2D eigenvalue weighted by molar-refractivity contribution is 0.186. The molecule has 0 saturated carbocycles. The van der Waals surface area contributed by atoms with Gasteiger partial charge in [-0.15, -0.1) is 0 Å². The van der Waals surface area contributed by atoms with Crippen LogP contribution < -0.4 is 10.6 Å². The molecule has 0 bridgehead atoms. The zero-order chi connectivity index (χ0) is 19.1. The van der Waals surface area contributed by atoms with Gasteiger partial charge in [0.25, 0.3) is 0 Å². The Bertz CT molecular complexity index is 757. The molecule has 1 aliphatic heterocycles. The molecular weight excluding hydrogens is 341 g/mol. The van der Waals surface area contributed by atoms with Crippen LogP contribution in [0.3, 0.4) is 0 Å². The molecule has 27 heavy (non-hydrogen) atoms. The van der Waals surface area contributed by atoms with Crippen molar-refractivity contribution in [1.82, 2.24) is 15.5 Å². The van der Waals surface area contributed by atoms with Crippen LogP contribution in [0.25, 0.3) is 0 Å². The standard InChI is InChI=1S/C22H28FN3O/c1-17-5-4-6-18(15-17)16-26-13-10-20(11-14-26)25-22(27)24-12-9-19-7-2-3-8-21(19)23/h2-8,15,20H,9-14,16H2,1H3,(H2,24,25,27). The van der Waals surface area contributed by atoms with E-state index in [-0.39, 0.29) is 17.9 Å². The van der Waals surface area contributed by atoms with Gasteiger partial charge in [-0.05, 0) is 43.4 Å². The van der Waals surface area contributed by atoms with Crippen molar-refractivity contribution < 1.29 is 9.18 Å². The number of carbonyl (C=O) groups excluding carboxylic acids is 1. The van der Waals surface area contributed by atoms with Gasteiger partial charge < -0.3 is 10.6 Å². The number of aryl methyl sites for hydroxylation is 1. The Morgan fingerprint density at radius 2 is 1.93 bits per heavy atom. The van der Waals surface area contributed by atoms with E-state index in [0.29, 0.717) is 18.5 Å². The summed E-state index contributed by atoms with van der Waals surface area (Å²) in [6.07, 6.45) is 2.40. The van der Waals surface area contributed by atoms with Crippen molar-refractivity contribution in [2.45, 2.75) is 38.8 Å². The number of amides is 2. The second kappa shape index (κ2) is 9.51. The first-order valence-electron chi connectivity index (χ1n) is 9.66. The highest BCUT2D eigenvalue weighted by molar-refractivity contribution is 5.74. The maximum atomic E-state index is 13.6. The molecule has 144 valence electrons. The second-order valence-electron chi connectivity index (χ2n) is 7.28. The van der Waals surface area contributed by atoms with Crippen molar-refractivity contribution in [3.8, 4) is 0 Å². The molecule has 0 aromatic heterocycles. The Morgan fingerprint density at radius 3 is 2.67 bits per heavy atom. The fourth-order valence-electron chi connectivity index (χ4n) is 3.55. The molecule has 1 saturated heterocycles. The third-order valence-electron chi connectivity index (χ3n) is 5.05. The molecule has 3 rings (SSSR count). The minimum absolute atomic E-state index is 0.163. The maximum Gasteiger partial charge on any atom is 0.315 e. The highest BCUT2D eigenvalue weighted by Gasteiger charge is 2.20. The number of rotatable bonds is 6. The van der Waals surface area contributed by atoms with E-state index < -0.39 is 0 Å². The van der Waals surface area contributed by atoms with Crippen LogP contribution in [0.4, 0.5) is 9.18 Å². The summed E-state index contributed by atoms with van der Waals surface area (Å²) in [5, 5.41) is 5.88. The molecule has 0 atom stereocenters. The summed E-state index contributed by atoms with van der Waals surface area (Å²) in [5.74, 6) is -0.222. The predicted octanol–water partition coefficient (Wildman–Crippen LogP) is 3.64. The lowest BCUT2D eigenvalue weighted by Crippen LogP contribution is -2.48. The Balaban J connectivity index is 1.35. The van der Waals surface area contributed by atoms with Gasteiger partial charge in [-0.1, -0.05) is 48.0 Å². The largest absolute Gasteiger partial charge is 0.338 e. The number of halogens is 1. The van der Waals surface area contributed by atoms with Crippen molar-refractivity contribution in [3.63, 3.8) is 0 Å². The van der Waals surface area contributed by atoms with E-state index in [1.807, 2.05) is 6.07 Å². The number of urea groups is 1. The quantitative estimate of drug-likeness (QED) is 0.816. The average molecular weight is 369 g/mol. The minimum Gasteiger partial charge on any atom is -0.338 e. The van der Waals surface area contributed by atoms with E-state index >= 15 is 0 Å². The van der Waals surface area contributed by atoms with Crippen LogP contribution in [0.5, 0.6) is 0 Å². The Labute approximate surface area is 160 Å². The summed E-state index contributed by atoms with van der Waals surface area (Å²) in [7, 11) is 0. The van der Waals surface area contributed by atoms with Crippen LogP contribution in [-0.2, 0) is 13.0 Å². The molecule has 1 aliphatic rings. The van der Waals surface area contributed by atoms with Gasteiger partial charge in [0.05, 0.1) is 0 Å². The van der Waals surface area contributed by atoms with E-state index in [4.69, 9.17) is 0 Å². The highest BCUT2D eigenvalue weighted by atomic mass is 19.1. The molecule has 0 aliphatic carbocycles. The fourth-order valence-corrected chi connectivity index (χ4v) is 3.55. The SMILES string of the molecule is Cc1cccc(CN2CCC(NC(=O)NCCc3ccccc3F)CC2)c1. The lowest BCUT2D eigenvalue weighted by atomic mass is 10.0. The molecule has 1 heterocycles. The van der Waals surface area contributed by atoms with Crippen molar-refractivity contribution in [2.24, 2.45) is 0 Å². The predicted molar refractivity (Wildman–Crippen MR) is 106 cm³/mol. The topological polar surface area (TPSA) is 44.4 Å². The summed E-state index contributed by atoms with van der Waals surface area (Å²) in [4.78, 5) is 14.5. The van der Waals surface area contributed by atoms with Gasteiger partial charge in [0, 0.05) is 32.2 Å². The van der Waals surface area contributed by atoms with Crippen molar-refractivity contribution >= 4 is 6.03 Å². The average Bonchev–Trinajstić information content (AvgIpc) is 2.65. The molecule has 4 nitrogen and oxygen atoms in total. The molecule has 2 aromatic carbocycles. The number of likely N-dealkylation sites (tertiary alicyclic amines) is 1. The third kappa shape index (κ3) is 6.07. The zero-order valence-corrected chi connectivity index (χ0v) is 15.9. The van der Waals surface area contributed by atoms with Gasteiger partial charge in [-0.2, -0.15) is 0 Å². The van der Waals surface area contributed by atoms with E-state index in [2.05, 4.69) is 46.7 Å². The first-order chi connectivity index (χ1) is 13.1. The Morgan fingerprint density at radius 1 is 1.15 bits per heavy atom. The number of hydrogen-bond acceptors (Lipinski definition) is 2. The smallest absolute Gasteiger partial charge is 0.315 e. The molecule has 0 radical (unpaired) electrons. The van der Waals surface area contributed by atoms with E-state index in [0.717, 1.165) is 32.5 Å². The summed E-state index contributed by atoms with van der Waals surface area (Å²) >= 11 is 0. The monoisotopic (exact) mass is 369 g/mol. The molecule has 2 aromatic rings. The van der Waals surface area contributed by atoms with E-state index in [9.17, 15) is 9.18 Å². The Hall–Kier alpha value is -2.40. The first kappa shape index (κ1) is 19.4. The molecule has 0 unspecified atom stereocenters. The summed E-state index contributed by atoms with van der Waals surface area (Å²) in [6, 6.07) is 15.3. The Kier molecular flexibility index (Phi) is 6.82. The number of hydrogen-bond donors (Lipinski definition) is 2. The van der Waals surface area contributed by atoms with Crippen LogP contribution in [0.2, 0.25) is 0 Å². The van der Waals surface area contributed by atoms with Gasteiger partial charge in [0.1, 0.15) is 5.82 Å². The number of piperidine rings is 1. The van der Waals surface area contributed by atoms with E-state index in [1.165, 1.54) is 17.2 Å². The van der Waals surface area contributed by atoms with Gasteiger partial charge in [0.2, 0.25) is 0 Å². The van der Waals surface area contributed by atoms with Crippen LogP contribution in [0.15, 0.2) is 48.5 Å². The molecule has 5 heteroatoms. The summed E-state index contributed by atoms with van der Waals surface area (Å²) in [5.41, 5.74) is 3.26. The number of benzene rings is 2. The van der Waals surface area contributed by atoms with Gasteiger partial charge >= 0.3 is 6.03 Å². The molecule has 1 fully saturated rings. The van der Waals surface area contributed by atoms with Crippen LogP contribution in [-0.4, -0.2) is 36.6 Å². The summed E-state index contributed by atoms with van der Waals surface area (Å²) < 4.78 is 13.6. The minimum atomic E-state index is -0.222. The van der Waals surface area contributed by atoms with Crippen LogP contribution in [0.1, 0.15) is 29.5 Å². The summed E-state index contributed by atoms with van der Waals surface area (Å²) in [6.45, 7) is 5.47. The molecule has 2 N–H and O–H groups in total. The van der Waals surface area contributed by atoms with Crippen LogP contribution >= 0.6 is 0 Å². The van der Waals surface area contributed by atoms with E-state index in [1.54, 1.807) is 12.1 Å². The molecular formula is C22H28FN3O. The maximum absolute atomic E-state index is 13.6. The van der Waals surface area contributed by atoms with Gasteiger partial charge in [-0.3, -0.25) is 4.90 Å². The molecule has 2 amide bonds. The fraction of sp³-hybridized carbons (Fsp3) is 0.409. The third-order valence-corrected chi connectivity index (χ3v) is 5.05. The van der Waals surface area contributed by atoms with Crippen molar-refractivity contribution in [3.05, 3.63) is 71.0 Å². The van der Waals surface area contributed by atoms with Crippen LogP contribution in [0, 0.1) is 12.7 Å². The normalized spacial score (nSPS) is 15.5. The first-order valence-corrected chi connectivity index (χ1v) is 9.66.